The summed E-state index contributed by atoms with van der Waals surface area (Å²) in [4.78, 5) is 0. The Kier molecular flexibility index (Phi) is 5.37. The summed E-state index contributed by atoms with van der Waals surface area (Å²) >= 11 is 0. The molecule has 7 aromatic carbocycles. The maximum atomic E-state index is 2.45. The Bertz CT molecular complexity index is 2690. The minimum atomic E-state index is -0.0968. The Balaban J connectivity index is 1.22. The Morgan fingerprint density at radius 2 is 0.915 bits per heavy atom. The highest BCUT2D eigenvalue weighted by atomic mass is 15.0. The first kappa shape index (κ1) is 26.4. The standard InChI is InChI=1S/C45H32N2/c1-45(2)37-23-21-29(30-22-25-41-35(27-30)33-17-9-11-19-39(33)46(41)31-13-5-3-6-14-31)28-36(37)43-38(45)24-26-42-44(43)34-18-10-12-20-40(34)47(42)32-15-7-4-8-16-32/h3-28H,1-2H3. The molecule has 0 radical (unpaired) electrons. The summed E-state index contributed by atoms with van der Waals surface area (Å²) in [6.07, 6.45) is 0. The fourth-order valence-corrected chi connectivity index (χ4v) is 8.34. The van der Waals surface area contributed by atoms with Gasteiger partial charge in [0, 0.05) is 38.3 Å². The van der Waals surface area contributed by atoms with Crippen molar-refractivity contribution in [3.8, 4) is 33.6 Å². The van der Waals surface area contributed by atoms with Crippen LogP contribution in [0.2, 0.25) is 0 Å². The zero-order valence-corrected chi connectivity index (χ0v) is 26.4. The van der Waals surface area contributed by atoms with Crippen LogP contribution in [0.4, 0.5) is 0 Å². The number of hydrogen-bond acceptors (Lipinski definition) is 0. The van der Waals surface area contributed by atoms with Gasteiger partial charge in [-0.05, 0) is 94.0 Å². The lowest BCUT2D eigenvalue weighted by molar-refractivity contribution is 0.661. The van der Waals surface area contributed by atoms with Crippen LogP contribution in [0.3, 0.4) is 0 Å². The smallest absolute Gasteiger partial charge is 0.0547 e. The van der Waals surface area contributed by atoms with Crippen LogP contribution in [0.1, 0.15) is 25.0 Å². The average Bonchev–Trinajstić information content (AvgIpc) is 3.72. The molecule has 10 rings (SSSR count). The van der Waals surface area contributed by atoms with Crippen molar-refractivity contribution in [2.24, 2.45) is 0 Å². The van der Waals surface area contributed by atoms with Crippen LogP contribution in [0.15, 0.2) is 158 Å². The maximum absolute atomic E-state index is 2.45. The fourth-order valence-electron chi connectivity index (χ4n) is 8.34. The Morgan fingerprint density at radius 3 is 1.64 bits per heavy atom. The molecule has 9 aromatic rings. The molecular formula is C45H32N2. The summed E-state index contributed by atoms with van der Waals surface area (Å²) in [7, 11) is 0. The quantitative estimate of drug-likeness (QED) is 0.191. The molecule has 0 atom stereocenters. The first-order valence-electron chi connectivity index (χ1n) is 16.5. The van der Waals surface area contributed by atoms with E-state index in [1.807, 2.05) is 0 Å². The van der Waals surface area contributed by atoms with Crippen LogP contribution in [-0.2, 0) is 5.41 Å². The average molecular weight is 601 g/mol. The van der Waals surface area contributed by atoms with Crippen molar-refractivity contribution in [2.45, 2.75) is 19.3 Å². The summed E-state index contributed by atoms with van der Waals surface area (Å²) in [5.41, 5.74) is 15.2. The molecule has 0 unspecified atom stereocenters. The predicted octanol–water partition coefficient (Wildman–Crippen LogP) is 11.9. The van der Waals surface area contributed by atoms with Gasteiger partial charge in [-0.1, -0.05) is 111 Å². The lowest BCUT2D eigenvalue weighted by Crippen LogP contribution is -2.14. The highest BCUT2D eigenvalue weighted by Gasteiger charge is 2.37. The molecule has 0 spiro atoms. The minimum absolute atomic E-state index is 0.0968. The summed E-state index contributed by atoms with van der Waals surface area (Å²) in [6.45, 7) is 4.76. The topological polar surface area (TPSA) is 9.86 Å². The number of nitrogens with zero attached hydrogens (tertiary/aromatic N) is 2. The van der Waals surface area contributed by atoms with Crippen LogP contribution in [0, 0.1) is 0 Å². The van der Waals surface area contributed by atoms with Crippen molar-refractivity contribution in [3.05, 3.63) is 169 Å². The van der Waals surface area contributed by atoms with Crippen molar-refractivity contribution in [2.75, 3.05) is 0 Å². The minimum Gasteiger partial charge on any atom is -0.309 e. The highest BCUT2D eigenvalue weighted by molar-refractivity contribution is 6.18. The van der Waals surface area contributed by atoms with Gasteiger partial charge in [0.1, 0.15) is 0 Å². The summed E-state index contributed by atoms with van der Waals surface area (Å²) in [6, 6.07) is 58.0. The molecule has 1 aliphatic carbocycles. The van der Waals surface area contributed by atoms with Crippen LogP contribution in [0.5, 0.6) is 0 Å². The van der Waals surface area contributed by atoms with E-state index in [1.54, 1.807) is 0 Å². The number of rotatable bonds is 3. The number of para-hydroxylation sites is 4. The molecule has 222 valence electrons. The van der Waals surface area contributed by atoms with E-state index in [1.165, 1.54) is 88.4 Å². The second-order valence-electron chi connectivity index (χ2n) is 13.4. The monoisotopic (exact) mass is 600 g/mol. The van der Waals surface area contributed by atoms with E-state index in [-0.39, 0.29) is 5.41 Å². The van der Waals surface area contributed by atoms with Crippen molar-refractivity contribution in [1.82, 2.24) is 9.13 Å². The predicted molar refractivity (Wildman–Crippen MR) is 198 cm³/mol. The summed E-state index contributed by atoms with van der Waals surface area (Å²) in [5, 5.41) is 5.19. The first-order chi connectivity index (χ1) is 23.1. The van der Waals surface area contributed by atoms with Crippen LogP contribution in [0.25, 0.3) is 77.2 Å². The molecular weight excluding hydrogens is 569 g/mol. The SMILES string of the molecule is CC1(C)c2ccc(-c3ccc4c(c3)c3ccccc3n4-c3ccccc3)cc2-c2c1ccc1c2c2ccccc2n1-c1ccccc1. The second-order valence-corrected chi connectivity index (χ2v) is 13.4. The lowest BCUT2D eigenvalue weighted by Gasteiger charge is -2.21. The molecule has 1 aliphatic rings. The summed E-state index contributed by atoms with van der Waals surface area (Å²) < 4.78 is 4.81. The molecule has 2 heteroatoms. The third-order valence-electron chi connectivity index (χ3n) is 10.5. The van der Waals surface area contributed by atoms with E-state index in [2.05, 4.69) is 181 Å². The molecule has 0 fully saturated rings. The van der Waals surface area contributed by atoms with Gasteiger partial charge in [-0.25, -0.2) is 0 Å². The molecule has 2 heterocycles. The normalized spacial score (nSPS) is 13.5. The van der Waals surface area contributed by atoms with E-state index in [4.69, 9.17) is 0 Å². The third-order valence-corrected chi connectivity index (χ3v) is 10.5. The van der Waals surface area contributed by atoms with Gasteiger partial charge in [0.15, 0.2) is 0 Å². The van der Waals surface area contributed by atoms with Gasteiger partial charge in [-0.2, -0.15) is 0 Å². The van der Waals surface area contributed by atoms with Gasteiger partial charge in [0.05, 0.1) is 22.1 Å². The van der Waals surface area contributed by atoms with Gasteiger partial charge in [-0.3, -0.25) is 0 Å². The van der Waals surface area contributed by atoms with Crippen molar-refractivity contribution in [1.29, 1.82) is 0 Å². The van der Waals surface area contributed by atoms with Gasteiger partial charge < -0.3 is 9.13 Å². The van der Waals surface area contributed by atoms with E-state index < -0.39 is 0 Å². The number of hydrogen-bond donors (Lipinski definition) is 0. The van der Waals surface area contributed by atoms with Crippen molar-refractivity contribution < 1.29 is 0 Å². The molecule has 0 N–H and O–H groups in total. The van der Waals surface area contributed by atoms with Crippen LogP contribution < -0.4 is 0 Å². The molecule has 0 amide bonds. The fraction of sp³-hybridized carbons (Fsp3) is 0.0667. The van der Waals surface area contributed by atoms with Gasteiger partial charge in [0.2, 0.25) is 0 Å². The molecule has 0 bridgehead atoms. The van der Waals surface area contributed by atoms with Crippen LogP contribution in [-0.4, -0.2) is 9.13 Å². The number of fused-ring (bicyclic) bond motifs is 10. The Hall–Kier alpha value is -5.86. The highest BCUT2D eigenvalue weighted by Crippen LogP contribution is 2.54. The zero-order chi connectivity index (χ0) is 31.3. The molecule has 47 heavy (non-hydrogen) atoms. The molecule has 2 aromatic heterocycles. The number of benzene rings is 7. The zero-order valence-electron chi connectivity index (χ0n) is 26.4. The Labute approximate surface area is 273 Å². The van der Waals surface area contributed by atoms with Crippen molar-refractivity contribution in [3.63, 3.8) is 0 Å². The largest absolute Gasteiger partial charge is 0.309 e. The van der Waals surface area contributed by atoms with Gasteiger partial charge in [0.25, 0.3) is 0 Å². The summed E-state index contributed by atoms with van der Waals surface area (Å²) in [5.74, 6) is 0. The van der Waals surface area contributed by atoms with Crippen molar-refractivity contribution >= 4 is 43.6 Å². The maximum Gasteiger partial charge on any atom is 0.0547 e. The van der Waals surface area contributed by atoms with E-state index in [0.717, 1.165) is 0 Å². The molecule has 0 saturated carbocycles. The van der Waals surface area contributed by atoms with Gasteiger partial charge >= 0.3 is 0 Å². The van der Waals surface area contributed by atoms with Crippen LogP contribution >= 0.6 is 0 Å². The van der Waals surface area contributed by atoms with E-state index >= 15 is 0 Å². The second kappa shape index (κ2) is 9.57. The first-order valence-corrected chi connectivity index (χ1v) is 16.5. The lowest BCUT2D eigenvalue weighted by atomic mass is 9.82. The molecule has 0 aliphatic heterocycles. The van der Waals surface area contributed by atoms with E-state index in [0.29, 0.717) is 0 Å². The third kappa shape index (κ3) is 3.61. The van der Waals surface area contributed by atoms with E-state index in [9.17, 15) is 0 Å². The molecule has 2 nitrogen and oxygen atoms in total. The van der Waals surface area contributed by atoms with Gasteiger partial charge in [-0.15, -0.1) is 0 Å². The molecule has 0 saturated heterocycles. The Morgan fingerprint density at radius 1 is 0.404 bits per heavy atom. The number of aromatic nitrogens is 2.